The smallest absolute Gasteiger partial charge is 0.347 e. The van der Waals surface area contributed by atoms with Crippen LogP contribution in [0.3, 0.4) is 0 Å². The van der Waals surface area contributed by atoms with Crippen molar-refractivity contribution < 1.29 is 52.2 Å². The van der Waals surface area contributed by atoms with E-state index < -0.39 is 47.5 Å². The van der Waals surface area contributed by atoms with Gasteiger partial charge >= 0.3 is 23.9 Å². The van der Waals surface area contributed by atoms with Crippen LogP contribution in [0, 0.1) is 0 Å². The molecular formula is C46H20N4O11. The fourth-order valence-electron chi connectivity index (χ4n) is 7.99. The highest BCUT2D eigenvalue weighted by atomic mass is 16.6. The number of fused-ring (bicyclic) bond motifs is 4. The molecule has 7 aromatic rings. The quantitative estimate of drug-likeness (QED) is 0.0950. The van der Waals surface area contributed by atoms with Crippen LogP contribution in [0.5, 0.6) is 0 Å². The number of imide groups is 2. The van der Waals surface area contributed by atoms with E-state index in [0.29, 0.717) is 33.4 Å². The van der Waals surface area contributed by atoms with E-state index in [2.05, 4.69) is 10.2 Å². The molecule has 15 heteroatoms. The maximum absolute atomic E-state index is 13.8. The summed E-state index contributed by atoms with van der Waals surface area (Å²) < 4.78 is 15.4. The minimum Gasteiger partial charge on any atom is -0.416 e. The van der Waals surface area contributed by atoms with Crippen LogP contribution in [-0.2, 0) is 9.47 Å². The Morgan fingerprint density at radius 2 is 0.787 bits per heavy atom. The molecule has 1 aromatic heterocycles. The minimum atomic E-state index is -0.785. The second-order valence-corrected chi connectivity index (χ2v) is 14.2. The lowest BCUT2D eigenvalue weighted by molar-refractivity contribution is 0.0426. The van der Waals surface area contributed by atoms with Crippen molar-refractivity contribution in [2.24, 2.45) is 0 Å². The summed E-state index contributed by atoms with van der Waals surface area (Å²) >= 11 is 0. The molecule has 0 saturated heterocycles. The molecule has 15 nitrogen and oxygen atoms in total. The standard InChI is InChI=1S/C46H20N4O11/c51-39-29-17-11-23(28-4-2-6-32-36(28)46(58)61-44(32)56)19-33(29)41(53)49(39)25-13-7-21(8-14-25)37-47-48-38(59-37)22-9-15-26(16-10-22)50-40(52)31-5-1-3-27(35(31)42(50)54)24-12-18-30-34(20-24)45(57)60-43(30)55/h1-20H. The van der Waals surface area contributed by atoms with E-state index >= 15 is 0 Å². The molecule has 0 radical (unpaired) electrons. The summed E-state index contributed by atoms with van der Waals surface area (Å²) in [5.41, 5.74) is 4.35. The van der Waals surface area contributed by atoms with Crippen LogP contribution in [-0.4, -0.2) is 57.7 Å². The number of nitrogens with zero attached hydrogens (tertiary/aromatic N) is 4. The van der Waals surface area contributed by atoms with E-state index in [9.17, 15) is 38.4 Å². The molecule has 4 aliphatic rings. The molecule has 6 aromatic carbocycles. The fraction of sp³-hybridized carbons (Fsp3) is 0. The second kappa shape index (κ2) is 12.8. The number of ether oxygens (including phenoxy) is 2. The van der Waals surface area contributed by atoms with E-state index in [1.807, 2.05) is 0 Å². The van der Waals surface area contributed by atoms with Crippen molar-refractivity contribution in [3.8, 4) is 45.2 Å². The Morgan fingerprint density at radius 3 is 1.43 bits per heavy atom. The van der Waals surface area contributed by atoms with Gasteiger partial charge in [0.05, 0.1) is 55.9 Å². The first kappa shape index (κ1) is 35.2. The SMILES string of the molecule is O=C1OC(=O)c2cc(-c3cccc4c3C(=O)N(c3ccc(-c5nnc(-c6ccc(N7C(=O)c8ccc(-c9cccc%10c9C(=O)OC%10=O)cc8C7=O)cc6)o5)cc3)C4=O)ccc21. The molecule has 61 heavy (non-hydrogen) atoms. The van der Waals surface area contributed by atoms with Gasteiger partial charge in [-0.05, 0) is 107 Å². The fourth-order valence-corrected chi connectivity index (χ4v) is 7.99. The average Bonchev–Trinajstić information content (AvgIpc) is 4.07. The van der Waals surface area contributed by atoms with Crippen molar-refractivity contribution in [1.29, 1.82) is 0 Å². The number of hydrogen-bond acceptors (Lipinski definition) is 13. The maximum Gasteiger partial charge on any atom is 0.347 e. The Balaban J connectivity index is 0.810. The first-order chi connectivity index (χ1) is 29.5. The van der Waals surface area contributed by atoms with Gasteiger partial charge in [0.1, 0.15) is 0 Å². The van der Waals surface area contributed by atoms with Gasteiger partial charge in [0, 0.05) is 11.1 Å². The maximum atomic E-state index is 13.8. The van der Waals surface area contributed by atoms with Crippen LogP contribution >= 0.6 is 0 Å². The van der Waals surface area contributed by atoms with E-state index in [-0.39, 0.29) is 67.7 Å². The lowest BCUT2D eigenvalue weighted by Gasteiger charge is -2.14. The molecule has 0 N–H and O–H groups in total. The average molecular weight is 805 g/mol. The highest BCUT2D eigenvalue weighted by Gasteiger charge is 2.40. The lowest BCUT2D eigenvalue weighted by atomic mass is 9.94. The van der Waals surface area contributed by atoms with Gasteiger partial charge in [0.2, 0.25) is 11.8 Å². The molecule has 11 rings (SSSR count). The Kier molecular flexibility index (Phi) is 7.36. The molecule has 0 unspecified atom stereocenters. The zero-order valence-electron chi connectivity index (χ0n) is 30.8. The molecular weight excluding hydrogens is 785 g/mol. The van der Waals surface area contributed by atoms with Gasteiger partial charge in [-0.1, -0.05) is 36.4 Å². The van der Waals surface area contributed by atoms with Gasteiger partial charge in [-0.15, -0.1) is 10.2 Å². The Morgan fingerprint density at radius 1 is 0.344 bits per heavy atom. The normalized spacial score (nSPS) is 15.0. The Bertz CT molecular complexity index is 3260. The topological polar surface area (TPSA) is 200 Å². The van der Waals surface area contributed by atoms with E-state index in [4.69, 9.17) is 13.9 Å². The van der Waals surface area contributed by atoms with Crippen molar-refractivity contribution in [3.05, 3.63) is 166 Å². The van der Waals surface area contributed by atoms with E-state index in [1.54, 1.807) is 91.0 Å². The predicted octanol–water partition coefficient (Wildman–Crippen LogP) is 6.96. The monoisotopic (exact) mass is 804 g/mol. The van der Waals surface area contributed by atoms with Crippen LogP contribution in [0.4, 0.5) is 11.4 Å². The third-order valence-corrected chi connectivity index (χ3v) is 10.9. The van der Waals surface area contributed by atoms with E-state index in [1.165, 1.54) is 30.3 Å². The molecule has 0 atom stereocenters. The number of cyclic esters (lactones) is 4. The van der Waals surface area contributed by atoms with Crippen molar-refractivity contribution in [2.75, 3.05) is 9.80 Å². The molecule has 5 heterocycles. The molecule has 0 spiro atoms. The van der Waals surface area contributed by atoms with Crippen molar-refractivity contribution in [1.82, 2.24) is 10.2 Å². The highest BCUT2D eigenvalue weighted by Crippen LogP contribution is 2.39. The first-order valence-electron chi connectivity index (χ1n) is 18.5. The van der Waals surface area contributed by atoms with Crippen LogP contribution in [0.15, 0.2) is 126 Å². The molecule has 0 saturated carbocycles. The molecule has 4 aliphatic heterocycles. The largest absolute Gasteiger partial charge is 0.416 e. The Hall–Kier alpha value is -8.98. The molecule has 0 bridgehead atoms. The molecule has 290 valence electrons. The van der Waals surface area contributed by atoms with Crippen LogP contribution < -0.4 is 9.80 Å². The van der Waals surface area contributed by atoms with Gasteiger partial charge in [-0.2, -0.15) is 0 Å². The number of amides is 4. The third kappa shape index (κ3) is 5.17. The molecule has 0 fully saturated rings. The zero-order valence-corrected chi connectivity index (χ0v) is 30.8. The van der Waals surface area contributed by atoms with Gasteiger partial charge in [-0.3, -0.25) is 19.2 Å². The number of anilines is 2. The number of rotatable bonds is 6. The summed E-state index contributed by atoms with van der Waals surface area (Å²) in [6.07, 6.45) is 0. The summed E-state index contributed by atoms with van der Waals surface area (Å²) in [6, 6.07) is 31.4. The predicted molar refractivity (Wildman–Crippen MR) is 211 cm³/mol. The Labute approximate surface area is 341 Å². The van der Waals surface area contributed by atoms with Gasteiger partial charge in [0.15, 0.2) is 0 Å². The number of hydrogen-bond donors (Lipinski definition) is 0. The molecule has 0 aliphatic carbocycles. The second-order valence-electron chi connectivity index (χ2n) is 14.2. The van der Waals surface area contributed by atoms with Crippen LogP contribution in [0.25, 0.3) is 45.2 Å². The van der Waals surface area contributed by atoms with Crippen molar-refractivity contribution in [2.45, 2.75) is 0 Å². The summed E-state index contributed by atoms with van der Waals surface area (Å²) in [6.45, 7) is 0. The van der Waals surface area contributed by atoms with Gasteiger partial charge in [0.25, 0.3) is 23.6 Å². The summed E-state index contributed by atoms with van der Waals surface area (Å²) in [4.78, 5) is 105. The number of carbonyl (C=O) groups is 8. The number of carbonyl (C=O) groups excluding carboxylic acids is 8. The first-order valence-corrected chi connectivity index (χ1v) is 18.5. The summed E-state index contributed by atoms with van der Waals surface area (Å²) in [7, 11) is 0. The number of aromatic nitrogens is 2. The number of esters is 4. The van der Waals surface area contributed by atoms with Crippen molar-refractivity contribution >= 4 is 58.9 Å². The summed E-state index contributed by atoms with van der Waals surface area (Å²) in [5, 5.41) is 8.32. The minimum absolute atomic E-state index is 0.0769. The van der Waals surface area contributed by atoms with Crippen molar-refractivity contribution in [3.63, 3.8) is 0 Å². The zero-order chi connectivity index (χ0) is 41.8. The van der Waals surface area contributed by atoms with Crippen LogP contribution in [0.1, 0.15) is 82.9 Å². The third-order valence-electron chi connectivity index (χ3n) is 10.9. The van der Waals surface area contributed by atoms with Gasteiger partial charge in [-0.25, -0.2) is 29.0 Å². The van der Waals surface area contributed by atoms with Crippen LogP contribution in [0.2, 0.25) is 0 Å². The van der Waals surface area contributed by atoms with E-state index in [0.717, 1.165) is 9.80 Å². The lowest BCUT2D eigenvalue weighted by Crippen LogP contribution is -2.29. The van der Waals surface area contributed by atoms with Gasteiger partial charge < -0.3 is 13.9 Å². The summed E-state index contributed by atoms with van der Waals surface area (Å²) in [5.74, 6) is -5.01. The highest BCUT2D eigenvalue weighted by molar-refractivity contribution is 6.36. The molecule has 4 amide bonds. The number of benzene rings is 6.